The van der Waals surface area contributed by atoms with E-state index in [9.17, 15) is 14.4 Å². The van der Waals surface area contributed by atoms with E-state index in [0.717, 1.165) is 14.9 Å². The molecule has 6 nitrogen and oxygen atoms in total. The summed E-state index contributed by atoms with van der Waals surface area (Å²) in [5.74, 6) is -1.47. The Morgan fingerprint density at radius 2 is 1.92 bits per heavy atom. The fourth-order valence-corrected chi connectivity index (χ4v) is 2.94. The normalized spacial score (nSPS) is 10.2. The van der Waals surface area contributed by atoms with Gasteiger partial charge in [0.25, 0.3) is 11.8 Å². The molecule has 0 radical (unpaired) electrons. The van der Waals surface area contributed by atoms with Crippen molar-refractivity contribution < 1.29 is 19.1 Å². The van der Waals surface area contributed by atoms with Gasteiger partial charge in [-0.3, -0.25) is 14.4 Å². The van der Waals surface area contributed by atoms with Crippen LogP contribution in [0.1, 0.15) is 20.1 Å². The molecule has 25 heavy (non-hydrogen) atoms. The zero-order valence-corrected chi connectivity index (χ0v) is 16.1. The number of esters is 1. The Morgan fingerprint density at radius 1 is 1.16 bits per heavy atom. The number of anilines is 1. The standard InChI is InChI=1S/C17H17BrN2O4S/c1-10-7-12(4-5-13(10)18)20-15(21)9-24-16(22)8-19-17(23)14-6-3-11(2)25-14/h3-7H,8-9H2,1-2H3,(H,19,23)(H,20,21). The first kappa shape index (κ1) is 19.1. The molecule has 0 fully saturated rings. The van der Waals surface area contributed by atoms with Crippen molar-refractivity contribution in [1.82, 2.24) is 5.32 Å². The van der Waals surface area contributed by atoms with Gasteiger partial charge in [0.1, 0.15) is 6.54 Å². The van der Waals surface area contributed by atoms with Gasteiger partial charge in [0.15, 0.2) is 6.61 Å². The van der Waals surface area contributed by atoms with E-state index in [4.69, 9.17) is 4.74 Å². The minimum absolute atomic E-state index is 0.291. The number of benzene rings is 1. The first-order valence-corrected chi connectivity index (χ1v) is 9.02. The molecule has 0 atom stereocenters. The molecule has 0 saturated carbocycles. The largest absolute Gasteiger partial charge is 0.454 e. The molecule has 2 aromatic rings. The van der Waals surface area contributed by atoms with Crippen molar-refractivity contribution >= 4 is 50.7 Å². The highest BCUT2D eigenvalue weighted by Gasteiger charge is 2.12. The maximum atomic E-state index is 11.8. The molecular formula is C17H17BrN2O4S. The van der Waals surface area contributed by atoms with Crippen LogP contribution in [0.3, 0.4) is 0 Å². The lowest BCUT2D eigenvalue weighted by atomic mass is 10.2. The summed E-state index contributed by atoms with van der Waals surface area (Å²) in [7, 11) is 0. The van der Waals surface area contributed by atoms with Crippen LogP contribution in [0.2, 0.25) is 0 Å². The molecular weight excluding hydrogens is 408 g/mol. The maximum Gasteiger partial charge on any atom is 0.325 e. The first-order valence-electron chi connectivity index (χ1n) is 7.41. The van der Waals surface area contributed by atoms with Gasteiger partial charge in [0.2, 0.25) is 0 Å². The van der Waals surface area contributed by atoms with E-state index in [2.05, 4.69) is 26.6 Å². The van der Waals surface area contributed by atoms with Gasteiger partial charge in [0, 0.05) is 15.0 Å². The lowest BCUT2D eigenvalue weighted by Gasteiger charge is -2.08. The van der Waals surface area contributed by atoms with Gasteiger partial charge >= 0.3 is 5.97 Å². The molecule has 0 aliphatic rings. The van der Waals surface area contributed by atoms with Crippen molar-refractivity contribution in [3.05, 3.63) is 50.1 Å². The molecule has 2 rings (SSSR count). The number of rotatable bonds is 6. The molecule has 2 amide bonds. The number of ether oxygens (including phenoxy) is 1. The number of nitrogens with one attached hydrogen (secondary N) is 2. The van der Waals surface area contributed by atoms with E-state index in [1.54, 1.807) is 18.2 Å². The van der Waals surface area contributed by atoms with Crippen molar-refractivity contribution in [2.45, 2.75) is 13.8 Å². The SMILES string of the molecule is Cc1ccc(C(=O)NCC(=O)OCC(=O)Nc2ccc(Br)c(C)c2)s1. The van der Waals surface area contributed by atoms with Crippen molar-refractivity contribution in [2.24, 2.45) is 0 Å². The number of hydrogen-bond donors (Lipinski definition) is 2. The lowest BCUT2D eigenvalue weighted by Crippen LogP contribution is -2.31. The van der Waals surface area contributed by atoms with Gasteiger partial charge in [-0.2, -0.15) is 0 Å². The average molecular weight is 425 g/mol. The van der Waals surface area contributed by atoms with E-state index >= 15 is 0 Å². The third-order valence-electron chi connectivity index (χ3n) is 3.16. The monoisotopic (exact) mass is 424 g/mol. The second kappa shape index (κ2) is 8.77. The number of hydrogen-bond acceptors (Lipinski definition) is 5. The molecule has 1 heterocycles. The van der Waals surface area contributed by atoms with Crippen LogP contribution in [0, 0.1) is 13.8 Å². The van der Waals surface area contributed by atoms with Crippen LogP contribution in [0.5, 0.6) is 0 Å². The number of carbonyl (C=O) groups excluding carboxylic acids is 3. The molecule has 0 aliphatic carbocycles. The van der Waals surface area contributed by atoms with Crippen LogP contribution in [0.15, 0.2) is 34.8 Å². The summed E-state index contributed by atoms with van der Waals surface area (Å²) >= 11 is 4.71. The average Bonchev–Trinajstić information content (AvgIpc) is 3.00. The van der Waals surface area contributed by atoms with Crippen molar-refractivity contribution in [1.29, 1.82) is 0 Å². The molecule has 0 unspecified atom stereocenters. The van der Waals surface area contributed by atoms with Gasteiger partial charge in [0.05, 0.1) is 4.88 Å². The zero-order chi connectivity index (χ0) is 18.4. The van der Waals surface area contributed by atoms with E-state index in [1.807, 2.05) is 26.0 Å². The summed E-state index contributed by atoms with van der Waals surface area (Å²) in [6.45, 7) is 3.08. The zero-order valence-electron chi connectivity index (χ0n) is 13.7. The summed E-state index contributed by atoms with van der Waals surface area (Å²) in [5, 5.41) is 5.10. The molecule has 0 saturated heterocycles. The molecule has 8 heteroatoms. The van der Waals surface area contributed by atoms with Crippen LogP contribution in [0.25, 0.3) is 0 Å². The van der Waals surface area contributed by atoms with E-state index < -0.39 is 18.5 Å². The highest BCUT2D eigenvalue weighted by molar-refractivity contribution is 9.10. The Labute approximate surface area is 157 Å². The summed E-state index contributed by atoms with van der Waals surface area (Å²) < 4.78 is 5.79. The molecule has 0 spiro atoms. The minimum Gasteiger partial charge on any atom is -0.454 e. The Morgan fingerprint density at radius 3 is 2.56 bits per heavy atom. The number of amides is 2. The van der Waals surface area contributed by atoms with Crippen molar-refractivity contribution in [3.63, 3.8) is 0 Å². The minimum atomic E-state index is -0.677. The predicted molar refractivity (Wildman–Crippen MR) is 99.9 cm³/mol. The van der Waals surface area contributed by atoms with Gasteiger partial charge in [-0.15, -0.1) is 11.3 Å². The Bertz CT molecular complexity index is 804. The summed E-state index contributed by atoms with van der Waals surface area (Å²) in [6.07, 6.45) is 0. The van der Waals surface area contributed by atoms with Crippen LogP contribution in [0.4, 0.5) is 5.69 Å². The van der Waals surface area contributed by atoms with Crippen LogP contribution in [-0.4, -0.2) is 30.9 Å². The van der Waals surface area contributed by atoms with Crippen LogP contribution in [-0.2, 0) is 14.3 Å². The molecule has 1 aromatic carbocycles. The quantitative estimate of drug-likeness (QED) is 0.697. The smallest absolute Gasteiger partial charge is 0.325 e. The Balaban J connectivity index is 1.72. The third kappa shape index (κ3) is 5.99. The number of aryl methyl sites for hydroxylation is 2. The maximum absolute atomic E-state index is 11.8. The third-order valence-corrected chi connectivity index (χ3v) is 5.05. The van der Waals surface area contributed by atoms with E-state index in [1.165, 1.54) is 11.3 Å². The predicted octanol–water partition coefficient (Wildman–Crippen LogP) is 3.04. The number of thiophene rings is 1. The Hall–Kier alpha value is -2.19. The first-order chi connectivity index (χ1) is 11.8. The van der Waals surface area contributed by atoms with Crippen molar-refractivity contribution in [3.8, 4) is 0 Å². The second-order valence-corrected chi connectivity index (χ2v) is 7.41. The fourth-order valence-electron chi connectivity index (χ4n) is 1.91. The van der Waals surface area contributed by atoms with Gasteiger partial charge in [-0.1, -0.05) is 15.9 Å². The van der Waals surface area contributed by atoms with E-state index in [-0.39, 0.29) is 12.5 Å². The highest BCUT2D eigenvalue weighted by Crippen LogP contribution is 2.19. The van der Waals surface area contributed by atoms with Gasteiger partial charge < -0.3 is 15.4 Å². The van der Waals surface area contributed by atoms with Crippen LogP contribution >= 0.6 is 27.3 Å². The summed E-state index contributed by atoms with van der Waals surface area (Å²) in [5.41, 5.74) is 1.59. The molecule has 1 aromatic heterocycles. The molecule has 132 valence electrons. The van der Waals surface area contributed by atoms with E-state index in [0.29, 0.717) is 10.6 Å². The highest BCUT2D eigenvalue weighted by atomic mass is 79.9. The summed E-state index contributed by atoms with van der Waals surface area (Å²) in [4.78, 5) is 36.7. The van der Waals surface area contributed by atoms with Gasteiger partial charge in [-0.05, 0) is 49.7 Å². The number of halogens is 1. The molecule has 0 bridgehead atoms. The molecule has 0 aliphatic heterocycles. The fraction of sp³-hybridized carbons (Fsp3) is 0.235. The Kier molecular flexibility index (Phi) is 6.72. The topological polar surface area (TPSA) is 84.5 Å². The van der Waals surface area contributed by atoms with Gasteiger partial charge in [-0.25, -0.2) is 0 Å². The lowest BCUT2D eigenvalue weighted by molar-refractivity contribution is -0.146. The van der Waals surface area contributed by atoms with Crippen LogP contribution < -0.4 is 10.6 Å². The number of carbonyl (C=O) groups is 3. The van der Waals surface area contributed by atoms with Crippen molar-refractivity contribution in [2.75, 3.05) is 18.5 Å². The molecule has 2 N–H and O–H groups in total. The summed E-state index contributed by atoms with van der Waals surface area (Å²) in [6, 6.07) is 8.87. The second-order valence-electron chi connectivity index (χ2n) is 5.27.